The number of halogens is 3. The molecule has 2 rings (SSSR count). The topological polar surface area (TPSA) is 61.5 Å². The van der Waals surface area contributed by atoms with E-state index in [1.165, 1.54) is 3.57 Å². The number of esters is 1. The van der Waals surface area contributed by atoms with Gasteiger partial charge in [-0.25, -0.2) is 4.79 Å². The lowest BCUT2D eigenvalue weighted by Crippen LogP contribution is -2.13. The average Bonchev–Trinajstić information content (AvgIpc) is 2.56. The average molecular weight is 677 g/mol. The van der Waals surface area contributed by atoms with Gasteiger partial charge in [-0.05, 0) is 119 Å². The maximum absolute atomic E-state index is 12.6. The van der Waals surface area contributed by atoms with Gasteiger partial charge in [0.25, 0.3) is 0 Å². The predicted octanol–water partition coefficient (Wildman–Crippen LogP) is 5.71. The standard InChI is InChI=1S/C18H18I3NO3/c1-8(2)24-13-6-5-11(7-12(13)22)18(23)25-17-10(4)15(20)14(19)9(3)16(17)21/h5-8H,22H2,1-4H3. The molecular formula is C18H18I3NO3. The lowest BCUT2D eigenvalue weighted by atomic mass is 10.1. The first-order chi connectivity index (χ1) is 11.6. The lowest BCUT2D eigenvalue weighted by Gasteiger charge is -2.16. The molecule has 0 radical (unpaired) electrons. The van der Waals surface area contributed by atoms with Crippen molar-refractivity contribution >= 4 is 79.4 Å². The molecule has 134 valence electrons. The van der Waals surface area contributed by atoms with Crippen molar-refractivity contribution in [3.8, 4) is 11.5 Å². The molecule has 0 aromatic heterocycles. The van der Waals surface area contributed by atoms with E-state index < -0.39 is 5.97 Å². The van der Waals surface area contributed by atoms with Crippen LogP contribution in [0.2, 0.25) is 0 Å². The number of hydrogen-bond acceptors (Lipinski definition) is 4. The minimum atomic E-state index is -0.430. The fourth-order valence-corrected chi connectivity index (χ4v) is 4.79. The lowest BCUT2D eigenvalue weighted by molar-refractivity contribution is 0.0732. The molecule has 0 aliphatic carbocycles. The highest BCUT2D eigenvalue weighted by molar-refractivity contribution is 14.1. The van der Waals surface area contributed by atoms with Crippen LogP contribution in [0, 0.1) is 24.6 Å². The quantitative estimate of drug-likeness (QED) is 0.148. The molecule has 0 atom stereocenters. The zero-order valence-electron chi connectivity index (χ0n) is 14.2. The van der Waals surface area contributed by atoms with Crippen molar-refractivity contribution in [1.82, 2.24) is 0 Å². The van der Waals surface area contributed by atoms with Crippen LogP contribution in [0.3, 0.4) is 0 Å². The van der Waals surface area contributed by atoms with E-state index in [-0.39, 0.29) is 6.10 Å². The predicted molar refractivity (Wildman–Crippen MR) is 126 cm³/mol. The van der Waals surface area contributed by atoms with Gasteiger partial charge >= 0.3 is 5.97 Å². The summed E-state index contributed by atoms with van der Waals surface area (Å²) >= 11 is 6.82. The van der Waals surface area contributed by atoms with Gasteiger partial charge in [-0.15, -0.1) is 0 Å². The van der Waals surface area contributed by atoms with E-state index in [9.17, 15) is 4.79 Å². The Balaban J connectivity index is 2.34. The van der Waals surface area contributed by atoms with Crippen molar-refractivity contribution < 1.29 is 14.3 Å². The first-order valence-electron chi connectivity index (χ1n) is 7.55. The summed E-state index contributed by atoms with van der Waals surface area (Å²) in [5.41, 5.74) is 8.88. The monoisotopic (exact) mass is 677 g/mol. The van der Waals surface area contributed by atoms with Gasteiger partial charge in [0.1, 0.15) is 11.5 Å². The number of rotatable bonds is 4. The molecule has 0 bridgehead atoms. The molecule has 0 spiro atoms. The summed E-state index contributed by atoms with van der Waals surface area (Å²) in [7, 11) is 0. The Morgan fingerprint density at radius 1 is 1.04 bits per heavy atom. The Morgan fingerprint density at radius 2 is 1.64 bits per heavy atom. The van der Waals surface area contributed by atoms with E-state index in [2.05, 4.69) is 67.8 Å². The molecule has 2 N–H and O–H groups in total. The minimum Gasteiger partial charge on any atom is -0.489 e. The first kappa shape index (κ1) is 21.0. The summed E-state index contributed by atoms with van der Waals surface area (Å²) in [4.78, 5) is 12.6. The summed E-state index contributed by atoms with van der Waals surface area (Å²) in [6.07, 6.45) is 0.0150. The number of carbonyl (C=O) groups is 1. The van der Waals surface area contributed by atoms with Crippen molar-refractivity contribution in [3.63, 3.8) is 0 Å². The Kier molecular flexibility index (Phi) is 7.22. The van der Waals surface area contributed by atoms with Crippen LogP contribution >= 0.6 is 67.8 Å². The number of anilines is 1. The Morgan fingerprint density at radius 3 is 2.20 bits per heavy atom. The normalized spacial score (nSPS) is 10.9. The molecule has 2 aromatic rings. The summed E-state index contributed by atoms with van der Waals surface area (Å²) in [6.45, 7) is 7.83. The molecule has 0 heterocycles. The van der Waals surface area contributed by atoms with E-state index in [4.69, 9.17) is 15.2 Å². The van der Waals surface area contributed by atoms with E-state index in [0.29, 0.717) is 22.7 Å². The van der Waals surface area contributed by atoms with Gasteiger partial charge < -0.3 is 15.2 Å². The molecular weight excluding hydrogens is 659 g/mol. The molecule has 2 aromatic carbocycles. The minimum absolute atomic E-state index is 0.0150. The van der Waals surface area contributed by atoms with Gasteiger partial charge in [-0.1, -0.05) is 0 Å². The fourth-order valence-electron chi connectivity index (χ4n) is 2.17. The molecule has 0 fully saturated rings. The number of nitrogens with two attached hydrogens (primary N) is 1. The molecule has 0 aliphatic heterocycles. The van der Waals surface area contributed by atoms with Crippen LogP contribution in [-0.2, 0) is 0 Å². The number of ether oxygens (including phenoxy) is 2. The third-order valence-corrected chi connectivity index (χ3v) is 8.55. The second-order valence-electron chi connectivity index (χ2n) is 5.83. The highest BCUT2D eigenvalue weighted by atomic mass is 127. The Labute approximate surface area is 188 Å². The van der Waals surface area contributed by atoms with Crippen LogP contribution in [0.5, 0.6) is 11.5 Å². The summed E-state index contributed by atoms with van der Waals surface area (Å²) in [5.74, 6) is 0.742. The van der Waals surface area contributed by atoms with Gasteiger partial charge in [-0.2, -0.15) is 0 Å². The molecule has 0 aliphatic rings. The maximum atomic E-state index is 12.6. The number of carbonyl (C=O) groups excluding carboxylic acids is 1. The maximum Gasteiger partial charge on any atom is 0.343 e. The zero-order chi connectivity index (χ0) is 18.9. The molecule has 4 nitrogen and oxygen atoms in total. The second kappa shape index (κ2) is 8.59. The molecule has 25 heavy (non-hydrogen) atoms. The molecule has 0 saturated heterocycles. The molecule has 0 saturated carbocycles. The van der Waals surface area contributed by atoms with Gasteiger partial charge in [0.15, 0.2) is 0 Å². The van der Waals surface area contributed by atoms with Gasteiger partial charge in [0.05, 0.1) is 20.9 Å². The van der Waals surface area contributed by atoms with Crippen molar-refractivity contribution in [3.05, 3.63) is 45.6 Å². The summed E-state index contributed by atoms with van der Waals surface area (Å²) in [5, 5.41) is 0. The van der Waals surface area contributed by atoms with E-state index in [1.807, 2.05) is 27.7 Å². The zero-order valence-corrected chi connectivity index (χ0v) is 20.7. The summed E-state index contributed by atoms with van der Waals surface area (Å²) in [6, 6.07) is 4.96. The molecule has 7 heteroatoms. The fraction of sp³-hybridized carbons (Fsp3) is 0.278. The number of benzene rings is 2. The van der Waals surface area contributed by atoms with Gasteiger partial charge in [0, 0.05) is 12.7 Å². The second-order valence-corrected chi connectivity index (χ2v) is 9.07. The van der Waals surface area contributed by atoms with Crippen LogP contribution in [0.25, 0.3) is 0 Å². The van der Waals surface area contributed by atoms with Gasteiger partial charge in [-0.3, -0.25) is 0 Å². The molecule has 0 unspecified atom stereocenters. The highest BCUT2D eigenvalue weighted by Crippen LogP contribution is 2.36. The van der Waals surface area contributed by atoms with Gasteiger partial charge in [0.2, 0.25) is 0 Å². The smallest absolute Gasteiger partial charge is 0.343 e. The number of hydrogen-bond donors (Lipinski definition) is 1. The molecule has 0 amide bonds. The van der Waals surface area contributed by atoms with E-state index in [0.717, 1.165) is 18.3 Å². The van der Waals surface area contributed by atoms with Crippen molar-refractivity contribution in [2.75, 3.05) is 5.73 Å². The van der Waals surface area contributed by atoms with E-state index in [1.54, 1.807) is 18.2 Å². The van der Waals surface area contributed by atoms with Crippen molar-refractivity contribution in [2.45, 2.75) is 33.8 Å². The third kappa shape index (κ3) is 4.71. The number of nitrogen functional groups attached to an aromatic ring is 1. The van der Waals surface area contributed by atoms with Crippen LogP contribution in [0.1, 0.15) is 35.3 Å². The first-order valence-corrected chi connectivity index (χ1v) is 10.8. The highest BCUT2D eigenvalue weighted by Gasteiger charge is 2.20. The Bertz CT molecular complexity index is 806. The third-order valence-electron chi connectivity index (χ3n) is 3.52. The van der Waals surface area contributed by atoms with Crippen molar-refractivity contribution in [2.24, 2.45) is 0 Å². The van der Waals surface area contributed by atoms with Crippen LogP contribution < -0.4 is 15.2 Å². The van der Waals surface area contributed by atoms with E-state index >= 15 is 0 Å². The largest absolute Gasteiger partial charge is 0.489 e. The van der Waals surface area contributed by atoms with Crippen LogP contribution in [0.15, 0.2) is 18.2 Å². The van der Waals surface area contributed by atoms with Crippen LogP contribution in [-0.4, -0.2) is 12.1 Å². The van der Waals surface area contributed by atoms with Crippen LogP contribution in [0.4, 0.5) is 5.69 Å². The van der Waals surface area contributed by atoms with Crippen molar-refractivity contribution in [1.29, 1.82) is 0 Å². The summed E-state index contributed by atoms with van der Waals surface area (Å²) < 4.78 is 14.5. The Hall–Kier alpha value is -0.300. The SMILES string of the molecule is Cc1c(I)c(I)c(C)c(OC(=O)c2ccc(OC(C)C)c(N)c2)c1I.